The molecule has 2 amide bonds. The Morgan fingerprint density at radius 1 is 0.850 bits per heavy atom. The van der Waals surface area contributed by atoms with Crippen LogP contribution in [0.4, 0.5) is 0 Å². The number of phenols is 1. The highest BCUT2D eigenvalue weighted by Crippen LogP contribution is 2.29. The van der Waals surface area contributed by atoms with Crippen LogP contribution in [0.25, 0.3) is 21.8 Å². The molecule has 3 aromatic rings. The largest absolute Gasteiger partial charge is 0.508 e. The zero-order chi connectivity index (χ0) is 13.9. The number of fused-ring (bicyclic) bond motifs is 4. The number of benzene rings is 2. The first-order valence-electron chi connectivity index (χ1n) is 5.92. The number of hydrogen-bond donors (Lipinski definition) is 2. The SMILES string of the molecule is O=C1NC(=O)c2cc3c(cc21)nnc1ccc(O)cc13. The van der Waals surface area contributed by atoms with Crippen LogP contribution in [0.1, 0.15) is 20.7 Å². The molecule has 6 nitrogen and oxygen atoms in total. The van der Waals surface area contributed by atoms with Crippen LogP contribution in [-0.2, 0) is 0 Å². The Labute approximate surface area is 112 Å². The van der Waals surface area contributed by atoms with Gasteiger partial charge in [0.1, 0.15) is 5.75 Å². The van der Waals surface area contributed by atoms with Crippen molar-refractivity contribution in [3.8, 4) is 5.75 Å². The van der Waals surface area contributed by atoms with E-state index in [1.54, 1.807) is 24.3 Å². The maximum Gasteiger partial charge on any atom is 0.259 e. The summed E-state index contributed by atoms with van der Waals surface area (Å²) in [7, 11) is 0. The molecular weight excluding hydrogens is 258 g/mol. The average Bonchev–Trinajstić information content (AvgIpc) is 2.71. The molecular formula is C14H7N3O3. The second-order valence-electron chi connectivity index (χ2n) is 4.60. The zero-order valence-electron chi connectivity index (χ0n) is 10.0. The van der Waals surface area contributed by atoms with Gasteiger partial charge in [-0.3, -0.25) is 14.9 Å². The van der Waals surface area contributed by atoms with Gasteiger partial charge in [0.05, 0.1) is 22.2 Å². The third-order valence-electron chi connectivity index (χ3n) is 3.39. The molecule has 0 fully saturated rings. The Morgan fingerprint density at radius 3 is 2.30 bits per heavy atom. The molecule has 0 radical (unpaired) electrons. The van der Waals surface area contributed by atoms with Crippen LogP contribution in [0.2, 0.25) is 0 Å². The smallest absolute Gasteiger partial charge is 0.259 e. The van der Waals surface area contributed by atoms with Crippen molar-refractivity contribution in [1.82, 2.24) is 15.5 Å². The molecule has 0 saturated carbocycles. The van der Waals surface area contributed by atoms with Gasteiger partial charge in [-0.05, 0) is 30.3 Å². The summed E-state index contributed by atoms with van der Waals surface area (Å²) in [5, 5.41) is 21.3. The summed E-state index contributed by atoms with van der Waals surface area (Å²) in [4.78, 5) is 23.3. The van der Waals surface area contributed by atoms with Crippen LogP contribution in [0.3, 0.4) is 0 Å². The predicted molar refractivity (Wildman–Crippen MR) is 70.5 cm³/mol. The topological polar surface area (TPSA) is 92.2 Å². The molecule has 0 bridgehead atoms. The normalized spacial score (nSPS) is 13.8. The van der Waals surface area contributed by atoms with E-state index in [1.807, 2.05) is 0 Å². The minimum atomic E-state index is -0.426. The van der Waals surface area contributed by atoms with E-state index in [9.17, 15) is 14.7 Å². The molecule has 2 aromatic carbocycles. The van der Waals surface area contributed by atoms with Crippen molar-refractivity contribution in [2.45, 2.75) is 0 Å². The number of carbonyl (C=O) groups excluding carboxylic acids is 2. The third-order valence-corrected chi connectivity index (χ3v) is 3.39. The highest BCUT2D eigenvalue weighted by Gasteiger charge is 2.27. The standard InChI is InChI=1S/C14H7N3O3/c18-6-1-2-11-7(3-6)8-4-9-10(5-12(8)17-16-11)14(20)15-13(9)19/h1-5,18H,(H,15,19,20). The molecule has 2 N–H and O–H groups in total. The fourth-order valence-corrected chi connectivity index (χ4v) is 2.43. The van der Waals surface area contributed by atoms with Gasteiger partial charge in [-0.2, -0.15) is 0 Å². The van der Waals surface area contributed by atoms with E-state index >= 15 is 0 Å². The van der Waals surface area contributed by atoms with E-state index in [-0.39, 0.29) is 5.75 Å². The monoisotopic (exact) mass is 265 g/mol. The van der Waals surface area contributed by atoms with Crippen molar-refractivity contribution < 1.29 is 14.7 Å². The van der Waals surface area contributed by atoms with Gasteiger partial charge in [-0.1, -0.05) is 0 Å². The van der Waals surface area contributed by atoms with E-state index in [0.717, 1.165) is 0 Å². The molecule has 4 rings (SSSR count). The number of phenolic OH excluding ortho intramolecular Hbond substituents is 1. The first-order chi connectivity index (χ1) is 9.63. The zero-order valence-corrected chi connectivity index (χ0v) is 10.0. The highest BCUT2D eigenvalue weighted by molar-refractivity contribution is 6.24. The van der Waals surface area contributed by atoms with E-state index < -0.39 is 11.8 Å². The van der Waals surface area contributed by atoms with Gasteiger partial charge < -0.3 is 5.11 Å². The maximum absolute atomic E-state index is 11.7. The van der Waals surface area contributed by atoms with Crippen molar-refractivity contribution in [3.05, 3.63) is 41.5 Å². The maximum atomic E-state index is 11.7. The van der Waals surface area contributed by atoms with Crippen molar-refractivity contribution >= 4 is 33.6 Å². The number of nitrogens with one attached hydrogen (secondary N) is 1. The summed E-state index contributed by atoms with van der Waals surface area (Å²) in [6, 6.07) is 7.89. The van der Waals surface area contributed by atoms with Crippen LogP contribution in [0.5, 0.6) is 5.75 Å². The third kappa shape index (κ3) is 1.33. The van der Waals surface area contributed by atoms with Crippen LogP contribution in [0.15, 0.2) is 30.3 Å². The van der Waals surface area contributed by atoms with Gasteiger partial charge in [0.25, 0.3) is 11.8 Å². The summed E-state index contributed by atoms with van der Waals surface area (Å²) in [5.74, 6) is -0.741. The van der Waals surface area contributed by atoms with Crippen molar-refractivity contribution in [1.29, 1.82) is 0 Å². The Morgan fingerprint density at radius 2 is 1.50 bits per heavy atom. The molecule has 1 aliphatic heterocycles. The number of carbonyl (C=O) groups is 2. The van der Waals surface area contributed by atoms with Gasteiger partial charge in [-0.15, -0.1) is 10.2 Å². The predicted octanol–water partition coefficient (Wildman–Crippen LogP) is 1.37. The van der Waals surface area contributed by atoms with Crippen molar-refractivity contribution in [3.63, 3.8) is 0 Å². The van der Waals surface area contributed by atoms with Crippen LogP contribution in [-0.4, -0.2) is 27.1 Å². The first kappa shape index (κ1) is 10.9. The fraction of sp³-hybridized carbons (Fsp3) is 0. The minimum Gasteiger partial charge on any atom is -0.508 e. The van der Waals surface area contributed by atoms with E-state index in [1.165, 1.54) is 6.07 Å². The van der Waals surface area contributed by atoms with Gasteiger partial charge in [-0.25, -0.2) is 0 Å². The molecule has 0 spiro atoms. The number of imide groups is 1. The van der Waals surface area contributed by atoms with E-state index in [0.29, 0.717) is 32.9 Å². The number of aromatic hydroxyl groups is 1. The molecule has 6 heteroatoms. The summed E-state index contributed by atoms with van der Waals surface area (Å²) in [6.07, 6.45) is 0. The molecule has 1 aliphatic rings. The molecule has 0 aliphatic carbocycles. The summed E-state index contributed by atoms with van der Waals surface area (Å²) in [5.41, 5.74) is 1.74. The Kier molecular flexibility index (Phi) is 1.90. The average molecular weight is 265 g/mol. The van der Waals surface area contributed by atoms with Crippen LogP contribution >= 0.6 is 0 Å². The second-order valence-corrected chi connectivity index (χ2v) is 4.60. The number of aromatic nitrogens is 2. The number of amides is 2. The van der Waals surface area contributed by atoms with Gasteiger partial charge in [0.15, 0.2) is 0 Å². The van der Waals surface area contributed by atoms with Crippen molar-refractivity contribution in [2.75, 3.05) is 0 Å². The first-order valence-corrected chi connectivity index (χ1v) is 5.92. The molecule has 1 aromatic heterocycles. The van der Waals surface area contributed by atoms with Crippen LogP contribution < -0.4 is 5.32 Å². The van der Waals surface area contributed by atoms with E-state index in [4.69, 9.17) is 0 Å². The number of nitrogens with zero attached hydrogens (tertiary/aromatic N) is 2. The molecule has 0 saturated heterocycles. The molecule has 20 heavy (non-hydrogen) atoms. The lowest BCUT2D eigenvalue weighted by molar-refractivity contribution is 0.0879. The second kappa shape index (κ2) is 3.51. The fourth-order valence-electron chi connectivity index (χ4n) is 2.43. The quantitative estimate of drug-likeness (QED) is 0.473. The molecule has 0 unspecified atom stereocenters. The number of hydrogen-bond acceptors (Lipinski definition) is 5. The van der Waals surface area contributed by atoms with Crippen molar-refractivity contribution in [2.24, 2.45) is 0 Å². The summed E-state index contributed by atoms with van der Waals surface area (Å²) >= 11 is 0. The lowest BCUT2D eigenvalue weighted by Crippen LogP contribution is -2.19. The summed E-state index contributed by atoms with van der Waals surface area (Å²) in [6.45, 7) is 0. The molecule has 96 valence electrons. The molecule has 0 atom stereocenters. The van der Waals surface area contributed by atoms with E-state index in [2.05, 4.69) is 15.5 Å². The Balaban J connectivity index is 2.18. The van der Waals surface area contributed by atoms with Gasteiger partial charge in [0, 0.05) is 10.8 Å². The highest BCUT2D eigenvalue weighted by atomic mass is 16.3. The van der Waals surface area contributed by atoms with Gasteiger partial charge in [0.2, 0.25) is 0 Å². The lowest BCUT2D eigenvalue weighted by atomic mass is 10.0. The Bertz CT molecular complexity index is 934. The lowest BCUT2D eigenvalue weighted by Gasteiger charge is -2.04. The Hall–Kier alpha value is -3.02. The summed E-state index contributed by atoms with van der Waals surface area (Å²) < 4.78 is 0. The van der Waals surface area contributed by atoms with Gasteiger partial charge >= 0.3 is 0 Å². The molecule has 2 heterocycles. The van der Waals surface area contributed by atoms with Crippen LogP contribution in [0, 0.1) is 0 Å². The minimum absolute atomic E-state index is 0.104. The number of rotatable bonds is 0.